The van der Waals surface area contributed by atoms with Gasteiger partial charge in [-0.05, 0) is 155 Å². The van der Waals surface area contributed by atoms with Gasteiger partial charge in [-0.25, -0.2) is 0 Å². The molecule has 13 aromatic carbocycles. The Hall–Kier alpha value is -10.0. The van der Waals surface area contributed by atoms with Crippen LogP contribution in [-0.4, -0.2) is 4.57 Å². The highest BCUT2D eigenvalue weighted by Crippen LogP contribution is 2.58. The number of benzene rings is 13. The molecule has 0 unspecified atom stereocenters. The molecule has 0 amide bonds. The lowest BCUT2D eigenvalue weighted by molar-refractivity contribution is 0.767. The van der Waals surface area contributed by atoms with Gasteiger partial charge >= 0.3 is 0 Å². The van der Waals surface area contributed by atoms with Crippen LogP contribution in [0.1, 0.15) is 22.3 Å². The van der Waals surface area contributed by atoms with Crippen molar-refractivity contribution in [2.24, 2.45) is 0 Å². The van der Waals surface area contributed by atoms with Crippen molar-refractivity contribution < 1.29 is 0 Å². The van der Waals surface area contributed by atoms with Crippen LogP contribution in [-0.2, 0) is 5.41 Å². The Balaban J connectivity index is 0.901. The number of nitrogens with zero attached hydrogens (tertiary/aromatic N) is 2. The van der Waals surface area contributed by atoms with E-state index in [2.05, 4.69) is 313 Å². The normalized spacial score (nSPS) is 12.5. The minimum Gasteiger partial charge on any atom is -0.310 e. The molecule has 15 rings (SSSR count). The van der Waals surface area contributed by atoms with Crippen molar-refractivity contribution in [3.63, 3.8) is 0 Å². The van der Waals surface area contributed by atoms with Gasteiger partial charge in [-0.1, -0.05) is 237 Å². The minimum atomic E-state index is -0.634. The van der Waals surface area contributed by atoms with Gasteiger partial charge in [0.05, 0.1) is 16.4 Å². The highest BCUT2D eigenvalue weighted by atomic mass is 15.1. The maximum absolute atomic E-state index is 2.47. The first-order chi connectivity index (χ1) is 38.2. The summed E-state index contributed by atoms with van der Waals surface area (Å²) >= 11 is 0. The van der Waals surface area contributed by atoms with Gasteiger partial charge in [0.2, 0.25) is 0 Å². The molecule has 0 saturated carbocycles. The summed E-state index contributed by atoms with van der Waals surface area (Å²) in [6, 6.07) is 112. The van der Waals surface area contributed by atoms with Crippen LogP contribution < -0.4 is 4.90 Å². The van der Waals surface area contributed by atoms with Gasteiger partial charge in [0.25, 0.3) is 0 Å². The number of rotatable bonds is 9. The van der Waals surface area contributed by atoms with E-state index < -0.39 is 5.41 Å². The maximum atomic E-state index is 2.47. The second-order valence-corrected chi connectivity index (χ2v) is 20.3. The fraction of sp³-hybridized carbons (Fsp3) is 0.0133. The second-order valence-electron chi connectivity index (χ2n) is 20.3. The minimum absolute atomic E-state index is 0.634. The van der Waals surface area contributed by atoms with Crippen molar-refractivity contribution in [1.29, 1.82) is 0 Å². The molecule has 0 atom stereocenters. The standard InChI is InChI=1S/C75H50N2/c1-6-22-52(23-7-1)73-65-34-16-17-35-66(65)74(53-24-8-2-9-25-53)68-48-54(40-45-67(68)73)51-38-41-58(42-39-51)76(57-30-14-5-15-31-57)59-43-46-61-62-47-44-60(77-71-36-20-18-32-63(71)64-33-19-21-37-72(64)77)50-70(62)75(69(61)49-59,55-26-10-3-11-27-55)56-28-12-4-13-29-56/h1-50H. The van der Waals surface area contributed by atoms with E-state index in [1.54, 1.807) is 0 Å². The van der Waals surface area contributed by atoms with Crippen molar-refractivity contribution >= 4 is 60.4 Å². The molecule has 360 valence electrons. The summed E-state index contributed by atoms with van der Waals surface area (Å²) in [5.74, 6) is 0. The molecule has 0 bridgehead atoms. The highest BCUT2D eigenvalue weighted by molar-refractivity contribution is 6.22. The van der Waals surface area contributed by atoms with Gasteiger partial charge < -0.3 is 9.47 Å². The Kier molecular flexibility index (Phi) is 10.5. The average Bonchev–Trinajstić information content (AvgIpc) is 4.25. The SMILES string of the molecule is c1ccc(-c2c3ccccc3c(-c3ccccc3)c3cc(-c4ccc(N(c5ccccc5)c5ccc6c(c5)C(c5ccccc5)(c5ccccc5)c5cc(-n7c8ccccc8c8ccccc87)ccc5-6)cc4)ccc23)cc1. The van der Waals surface area contributed by atoms with Crippen molar-refractivity contribution in [2.45, 2.75) is 5.41 Å². The van der Waals surface area contributed by atoms with E-state index in [-0.39, 0.29) is 0 Å². The van der Waals surface area contributed by atoms with Gasteiger partial charge in [0, 0.05) is 33.5 Å². The van der Waals surface area contributed by atoms with E-state index in [1.165, 1.54) is 105 Å². The van der Waals surface area contributed by atoms with Crippen LogP contribution >= 0.6 is 0 Å². The van der Waals surface area contributed by atoms with Gasteiger partial charge in [-0.15, -0.1) is 0 Å². The zero-order chi connectivity index (χ0) is 50.9. The Morgan fingerprint density at radius 1 is 0.260 bits per heavy atom. The van der Waals surface area contributed by atoms with Crippen molar-refractivity contribution in [2.75, 3.05) is 4.90 Å². The third kappa shape index (κ3) is 7.03. The molecule has 0 saturated heterocycles. The monoisotopic (exact) mass is 978 g/mol. The molecular weight excluding hydrogens is 929 g/mol. The van der Waals surface area contributed by atoms with Gasteiger partial charge in [-0.3, -0.25) is 0 Å². The van der Waals surface area contributed by atoms with E-state index in [0.29, 0.717) is 0 Å². The van der Waals surface area contributed by atoms with E-state index in [9.17, 15) is 0 Å². The third-order valence-corrected chi connectivity index (χ3v) is 16.2. The molecule has 0 aliphatic heterocycles. The summed E-state index contributed by atoms with van der Waals surface area (Å²) in [4.78, 5) is 2.42. The maximum Gasteiger partial charge on any atom is 0.0715 e. The van der Waals surface area contributed by atoms with Crippen LogP contribution in [0.3, 0.4) is 0 Å². The summed E-state index contributed by atoms with van der Waals surface area (Å²) in [5, 5.41) is 7.50. The largest absolute Gasteiger partial charge is 0.310 e. The smallest absolute Gasteiger partial charge is 0.0715 e. The molecular formula is C75H50N2. The Morgan fingerprint density at radius 2 is 0.675 bits per heavy atom. The predicted molar refractivity (Wildman–Crippen MR) is 324 cm³/mol. The first-order valence-electron chi connectivity index (χ1n) is 26.7. The molecule has 2 heteroatoms. The number of para-hydroxylation sites is 3. The molecule has 1 heterocycles. The van der Waals surface area contributed by atoms with Gasteiger partial charge in [-0.2, -0.15) is 0 Å². The van der Waals surface area contributed by atoms with E-state index in [0.717, 1.165) is 28.3 Å². The lowest BCUT2D eigenvalue weighted by Crippen LogP contribution is -2.29. The Morgan fingerprint density at radius 3 is 1.25 bits per heavy atom. The van der Waals surface area contributed by atoms with E-state index in [1.807, 2.05) is 0 Å². The first kappa shape index (κ1) is 44.5. The van der Waals surface area contributed by atoms with Crippen molar-refractivity contribution in [3.05, 3.63) is 326 Å². The first-order valence-corrected chi connectivity index (χ1v) is 26.7. The van der Waals surface area contributed by atoms with Crippen LogP contribution in [0.15, 0.2) is 303 Å². The topological polar surface area (TPSA) is 8.17 Å². The summed E-state index contributed by atoms with van der Waals surface area (Å²) in [6.45, 7) is 0. The number of hydrogen-bond donors (Lipinski definition) is 0. The van der Waals surface area contributed by atoms with Crippen molar-refractivity contribution in [3.8, 4) is 50.2 Å². The molecule has 0 fully saturated rings. The molecule has 1 aromatic heterocycles. The summed E-state index contributed by atoms with van der Waals surface area (Å²) < 4.78 is 2.45. The fourth-order valence-electron chi connectivity index (χ4n) is 13.0. The fourth-order valence-corrected chi connectivity index (χ4v) is 13.0. The second kappa shape index (κ2) is 18.1. The molecule has 1 aliphatic carbocycles. The molecule has 1 aliphatic rings. The number of fused-ring (bicyclic) bond motifs is 8. The van der Waals surface area contributed by atoms with Crippen LogP contribution in [0.5, 0.6) is 0 Å². The summed E-state index contributed by atoms with van der Waals surface area (Å²) in [7, 11) is 0. The van der Waals surface area contributed by atoms with E-state index >= 15 is 0 Å². The van der Waals surface area contributed by atoms with Gasteiger partial charge in [0.1, 0.15) is 0 Å². The molecule has 2 nitrogen and oxygen atoms in total. The molecule has 0 spiro atoms. The Labute approximate surface area is 448 Å². The van der Waals surface area contributed by atoms with Crippen LogP contribution in [0.2, 0.25) is 0 Å². The number of anilines is 3. The lowest BCUT2D eigenvalue weighted by atomic mass is 9.67. The van der Waals surface area contributed by atoms with Crippen LogP contribution in [0.25, 0.3) is 93.5 Å². The zero-order valence-electron chi connectivity index (χ0n) is 42.3. The van der Waals surface area contributed by atoms with Crippen molar-refractivity contribution in [1.82, 2.24) is 4.57 Å². The Bertz CT molecular complexity index is 4430. The quantitative estimate of drug-likeness (QED) is 0.131. The zero-order valence-corrected chi connectivity index (χ0v) is 42.3. The van der Waals surface area contributed by atoms with Gasteiger partial charge in [0.15, 0.2) is 0 Å². The summed E-state index contributed by atoms with van der Waals surface area (Å²) in [5.41, 5.74) is 20.9. The number of aromatic nitrogens is 1. The third-order valence-electron chi connectivity index (χ3n) is 16.2. The number of hydrogen-bond acceptors (Lipinski definition) is 1. The predicted octanol–water partition coefficient (Wildman–Crippen LogP) is 19.9. The summed E-state index contributed by atoms with van der Waals surface area (Å²) in [6.07, 6.45) is 0. The van der Waals surface area contributed by atoms with E-state index in [4.69, 9.17) is 0 Å². The highest BCUT2D eigenvalue weighted by Gasteiger charge is 2.47. The molecule has 14 aromatic rings. The molecule has 0 radical (unpaired) electrons. The lowest BCUT2D eigenvalue weighted by Gasteiger charge is -2.35. The van der Waals surface area contributed by atoms with Crippen LogP contribution in [0, 0.1) is 0 Å². The average molecular weight is 979 g/mol. The molecule has 0 N–H and O–H groups in total. The molecule has 77 heavy (non-hydrogen) atoms. The van der Waals surface area contributed by atoms with Crippen LogP contribution in [0.4, 0.5) is 17.1 Å².